The Morgan fingerprint density at radius 2 is 2.13 bits per heavy atom. The quantitative estimate of drug-likeness (QED) is 0.790. The second kappa shape index (κ2) is 4.38. The van der Waals surface area contributed by atoms with Crippen LogP contribution in [0.1, 0.15) is 5.56 Å². The molecule has 0 saturated carbocycles. The van der Waals surface area contributed by atoms with E-state index in [1.165, 1.54) is 0 Å². The maximum Gasteiger partial charge on any atom is 0.137 e. The van der Waals surface area contributed by atoms with Crippen molar-refractivity contribution in [3.63, 3.8) is 0 Å². The molecule has 0 saturated heterocycles. The van der Waals surface area contributed by atoms with Crippen LogP contribution in [0.15, 0.2) is 36.8 Å². The fraction of sp³-hybridized carbons (Fsp3) is 0.0909. The summed E-state index contributed by atoms with van der Waals surface area (Å²) in [5, 5.41) is 9.58. The molecule has 0 aliphatic heterocycles. The molecule has 0 radical (unpaired) electrons. The Hall–Kier alpha value is -1.45. The number of nitrogens with zero attached hydrogens (tertiary/aromatic N) is 2. The molecule has 2 aromatic heterocycles. The summed E-state index contributed by atoms with van der Waals surface area (Å²) in [6, 6.07) is 5.45. The molecule has 0 bridgehead atoms. The summed E-state index contributed by atoms with van der Waals surface area (Å²) in [6.07, 6.45) is 4.96. The Morgan fingerprint density at radius 3 is 2.80 bits per heavy atom. The molecule has 1 N–H and O–H groups in total. The highest BCUT2D eigenvalue weighted by atomic mass is 35.5. The van der Waals surface area contributed by atoms with E-state index < -0.39 is 0 Å². The first-order chi connectivity index (χ1) is 7.33. The van der Waals surface area contributed by atoms with Crippen LogP contribution in [0.3, 0.4) is 0 Å². The lowest BCUT2D eigenvalue weighted by molar-refractivity contribution is 0.282. The molecule has 0 fully saturated rings. The third-order valence-corrected chi connectivity index (χ3v) is 2.40. The second-order valence-electron chi connectivity index (χ2n) is 3.04. The van der Waals surface area contributed by atoms with Crippen molar-refractivity contribution in [3.05, 3.63) is 47.5 Å². The minimum absolute atomic E-state index is 0.0630. The fourth-order valence-electron chi connectivity index (χ4n) is 1.42. The van der Waals surface area contributed by atoms with Crippen LogP contribution in [-0.2, 0) is 6.61 Å². The number of hydrogen-bond acceptors (Lipinski definition) is 3. The molecular formula is C11H9ClN2O. The molecule has 76 valence electrons. The minimum atomic E-state index is -0.0630. The van der Waals surface area contributed by atoms with Crippen molar-refractivity contribution in [2.75, 3.05) is 0 Å². The molecule has 15 heavy (non-hydrogen) atoms. The van der Waals surface area contributed by atoms with Crippen molar-refractivity contribution in [2.24, 2.45) is 0 Å². The number of halogens is 1. The number of aliphatic hydroxyl groups excluding tert-OH is 1. The van der Waals surface area contributed by atoms with E-state index in [0.717, 1.165) is 16.7 Å². The lowest BCUT2D eigenvalue weighted by Gasteiger charge is -2.07. The molecule has 0 unspecified atom stereocenters. The van der Waals surface area contributed by atoms with E-state index in [-0.39, 0.29) is 6.61 Å². The first-order valence-corrected chi connectivity index (χ1v) is 4.85. The molecule has 0 spiro atoms. The summed E-state index contributed by atoms with van der Waals surface area (Å²) in [5.74, 6) is 0. The van der Waals surface area contributed by atoms with Crippen LogP contribution in [0.5, 0.6) is 0 Å². The predicted octanol–water partition coefficient (Wildman–Crippen LogP) is 2.29. The summed E-state index contributed by atoms with van der Waals surface area (Å²) in [7, 11) is 0. The van der Waals surface area contributed by atoms with Crippen LogP contribution in [-0.4, -0.2) is 15.1 Å². The van der Waals surface area contributed by atoms with Gasteiger partial charge in [-0.1, -0.05) is 17.7 Å². The van der Waals surface area contributed by atoms with E-state index >= 15 is 0 Å². The third kappa shape index (κ3) is 1.98. The van der Waals surface area contributed by atoms with Gasteiger partial charge in [0.1, 0.15) is 5.15 Å². The maximum absolute atomic E-state index is 9.20. The standard InChI is InChI=1S/C11H9ClN2O/c12-11-10(8-2-1-4-13-6-8)9(7-15)3-5-14-11/h1-6,15H,7H2. The van der Waals surface area contributed by atoms with Gasteiger partial charge in [0.2, 0.25) is 0 Å². The van der Waals surface area contributed by atoms with Gasteiger partial charge < -0.3 is 5.11 Å². The van der Waals surface area contributed by atoms with Crippen LogP contribution < -0.4 is 0 Å². The summed E-state index contributed by atoms with van der Waals surface area (Å²) < 4.78 is 0. The molecule has 2 aromatic rings. The molecule has 3 nitrogen and oxygen atoms in total. The lowest BCUT2D eigenvalue weighted by Crippen LogP contribution is -1.92. The Bertz CT molecular complexity index is 459. The summed E-state index contributed by atoms with van der Waals surface area (Å²) in [4.78, 5) is 8.00. The van der Waals surface area contributed by atoms with Crippen molar-refractivity contribution in [1.29, 1.82) is 0 Å². The van der Waals surface area contributed by atoms with Gasteiger partial charge in [0, 0.05) is 29.7 Å². The first-order valence-electron chi connectivity index (χ1n) is 4.47. The number of hydrogen-bond donors (Lipinski definition) is 1. The van der Waals surface area contributed by atoms with Gasteiger partial charge in [-0.05, 0) is 17.7 Å². The monoisotopic (exact) mass is 220 g/mol. The van der Waals surface area contributed by atoms with Crippen LogP contribution >= 0.6 is 11.6 Å². The van der Waals surface area contributed by atoms with Crippen molar-refractivity contribution in [2.45, 2.75) is 6.61 Å². The molecule has 0 atom stereocenters. The van der Waals surface area contributed by atoms with Gasteiger partial charge in [-0.2, -0.15) is 0 Å². The average Bonchev–Trinajstić information content (AvgIpc) is 2.29. The first kappa shape index (κ1) is 10.1. The molecule has 4 heteroatoms. The van der Waals surface area contributed by atoms with Crippen molar-refractivity contribution in [3.8, 4) is 11.1 Å². The summed E-state index contributed by atoms with van der Waals surface area (Å²) in [5.41, 5.74) is 2.36. The zero-order valence-corrected chi connectivity index (χ0v) is 8.65. The highest BCUT2D eigenvalue weighted by Crippen LogP contribution is 2.28. The zero-order valence-electron chi connectivity index (χ0n) is 7.89. The third-order valence-electron chi connectivity index (χ3n) is 2.11. The molecular weight excluding hydrogens is 212 g/mol. The second-order valence-corrected chi connectivity index (χ2v) is 3.39. The molecule has 2 heterocycles. The minimum Gasteiger partial charge on any atom is -0.392 e. The number of aliphatic hydroxyl groups is 1. The molecule has 0 aliphatic rings. The summed E-state index contributed by atoms with van der Waals surface area (Å²) >= 11 is 5.99. The van der Waals surface area contributed by atoms with Crippen molar-refractivity contribution in [1.82, 2.24) is 9.97 Å². The SMILES string of the molecule is OCc1ccnc(Cl)c1-c1cccnc1. The predicted molar refractivity (Wildman–Crippen MR) is 58.4 cm³/mol. The van der Waals surface area contributed by atoms with E-state index in [9.17, 15) is 5.11 Å². The van der Waals surface area contributed by atoms with Crippen LogP contribution in [0.2, 0.25) is 5.15 Å². The average molecular weight is 221 g/mol. The molecule has 0 amide bonds. The Morgan fingerprint density at radius 1 is 1.27 bits per heavy atom. The Balaban J connectivity index is 2.61. The van der Waals surface area contributed by atoms with Gasteiger partial charge in [0.25, 0.3) is 0 Å². The van der Waals surface area contributed by atoms with Gasteiger partial charge in [0.05, 0.1) is 6.61 Å². The largest absolute Gasteiger partial charge is 0.392 e. The maximum atomic E-state index is 9.20. The molecule has 0 aromatic carbocycles. The van der Waals surface area contributed by atoms with Crippen LogP contribution in [0.4, 0.5) is 0 Å². The smallest absolute Gasteiger partial charge is 0.137 e. The van der Waals surface area contributed by atoms with E-state index in [4.69, 9.17) is 11.6 Å². The van der Waals surface area contributed by atoms with Crippen molar-refractivity contribution < 1.29 is 5.11 Å². The van der Waals surface area contributed by atoms with Gasteiger partial charge >= 0.3 is 0 Å². The number of rotatable bonds is 2. The van der Waals surface area contributed by atoms with Gasteiger partial charge in [-0.15, -0.1) is 0 Å². The zero-order chi connectivity index (χ0) is 10.7. The van der Waals surface area contributed by atoms with Gasteiger partial charge in [0.15, 0.2) is 0 Å². The fourth-order valence-corrected chi connectivity index (χ4v) is 1.71. The Labute approximate surface area is 92.4 Å². The summed E-state index contributed by atoms with van der Waals surface area (Å²) in [6.45, 7) is -0.0630. The van der Waals surface area contributed by atoms with E-state index in [1.54, 1.807) is 24.7 Å². The van der Waals surface area contributed by atoms with E-state index in [1.807, 2.05) is 12.1 Å². The normalized spacial score (nSPS) is 10.3. The van der Waals surface area contributed by atoms with E-state index in [0.29, 0.717) is 5.15 Å². The lowest BCUT2D eigenvalue weighted by atomic mass is 10.0. The number of pyridine rings is 2. The van der Waals surface area contributed by atoms with Crippen LogP contribution in [0, 0.1) is 0 Å². The number of aromatic nitrogens is 2. The molecule has 2 rings (SSSR count). The van der Waals surface area contributed by atoms with Gasteiger partial charge in [-0.25, -0.2) is 4.98 Å². The molecule has 0 aliphatic carbocycles. The highest BCUT2D eigenvalue weighted by molar-refractivity contribution is 6.32. The van der Waals surface area contributed by atoms with Crippen LogP contribution in [0.25, 0.3) is 11.1 Å². The topological polar surface area (TPSA) is 46.0 Å². The van der Waals surface area contributed by atoms with Gasteiger partial charge in [-0.3, -0.25) is 4.98 Å². The highest BCUT2D eigenvalue weighted by Gasteiger charge is 2.09. The van der Waals surface area contributed by atoms with E-state index in [2.05, 4.69) is 9.97 Å². The Kier molecular flexibility index (Phi) is 2.94. The van der Waals surface area contributed by atoms with Crippen molar-refractivity contribution >= 4 is 11.6 Å².